The van der Waals surface area contributed by atoms with Crippen LogP contribution in [0, 0.1) is 0 Å². The van der Waals surface area contributed by atoms with Crippen LogP contribution in [0.2, 0.25) is 0 Å². The van der Waals surface area contributed by atoms with Crippen molar-refractivity contribution >= 4 is 112 Å². The second kappa shape index (κ2) is 31.4. The Kier molecular flexibility index (Phi) is 18.7. The quantitative estimate of drug-likeness (QED) is 0.0733. The monoisotopic (exact) mass is 1540 g/mol. The second-order valence-corrected chi connectivity index (χ2v) is 29.6. The third kappa shape index (κ3) is 13.5. The summed E-state index contributed by atoms with van der Waals surface area (Å²) in [6.45, 7) is 0. The molecule has 0 radical (unpaired) electrons. The van der Waals surface area contributed by atoms with E-state index in [0.717, 1.165) is 179 Å². The molecule has 4 aromatic heterocycles. The van der Waals surface area contributed by atoms with Crippen molar-refractivity contribution < 1.29 is 0 Å². The van der Waals surface area contributed by atoms with Crippen molar-refractivity contribution in [2.24, 2.45) is 0 Å². The van der Waals surface area contributed by atoms with E-state index in [0.29, 0.717) is 11.6 Å². The molecule has 12 nitrogen and oxygen atoms in total. The number of aromatic nitrogens is 8. The topological polar surface area (TPSA) is 100 Å². The minimum absolute atomic E-state index is 0.582. The van der Waals surface area contributed by atoms with Gasteiger partial charge in [0.15, 0.2) is 11.6 Å². The predicted octanol–water partition coefficient (Wildman–Crippen LogP) is 28.1. The van der Waals surface area contributed by atoms with E-state index >= 15 is 0 Å². The van der Waals surface area contributed by atoms with Gasteiger partial charge in [-0.2, -0.15) is 0 Å². The summed E-state index contributed by atoms with van der Waals surface area (Å²) in [6, 6.07) is 153. The number of anilines is 12. The van der Waals surface area contributed by atoms with Crippen molar-refractivity contribution in [3.63, 3.8) is 0 Å². The third-order valence-corrected chi connectivity index (χ3v) is 22.5. The van der Waals surface area contributed by atoms with Gasteiger partial charge < -0.3 is 28.7 Å². The molecular weight excluding hydrogens is 1470 g/mol. The van der Waals surface area contributed by atoms with Crippen LogP contribution in [-0.4, -0.2) is 39.0 Å². The molecule has 17 aromatic carbocycles. The van der Waals surface area contributed by atoms with Crippen LogP contribution in [0.25, 0.3) is 122 Å². The maximum Gasteiger partial charge on any atom is 0.162 e. The number of benzene rings is 17. The molecule has 0 aliphatic carbocycles. The first kappa shape index (κ1) is 71.3. The highest BCUT2D eigenvalue weighted by molar-refractivity contribution is 6.14. The maximum atomic E-state index is 4.67. The molecule has 4 heterocycles. The van der Waals surface area contributed by atoms with Crippen LogP contribution in [0.5, 0.6) is 0 Å². The molecule has 0 aliphatic rings. The summed E-state index contributed by atoms with van der Waals surface area (Å²) in [5.74, 6) is 1.16. The molecule has 0 unspecified atom stereocenters. The zero-order valence-electron chi connectivity index (χ0n) is 65.1. The maximum absolute atomic E-state index is 4.67. The Morgan fingerprint density at radius 1 is 0.167 bits per heavy atom. The number of nitrogens with zero attached hydrogens (tertiary/aromatic N) is 12. The fourth-order valence-corrected chi connectivity index (χ4v) is 17.1. The van der Waals surface area contributed by atoms with Gasteiger partial charge in [-0.05, 0) is 263 Å². The van der Waals surface area contributed by atoms with Crippen LogP contribution < -0.4 is 19.6 Å². The average molecular weight is 1540 g/mol. The molecule has 0 bridgehead atoms. The van der Waals surface area contributed by atoms with Crippen molar-refractivity contribution in [2.45, 2.75) is 0 Å². The lowest BCUT2D eigenvalue weighted by atomic mass is 9.85. The lowest BCUT2D eigenvalue weighted by Crippen LogP contribution is -2.09. The van der Waals surface area contributed by atoms with E-state index in [4.69, 9.17) is 0 Å². The lowest BCUT2D eigenvalue weighted by Gasteiger charge is -2.26. The van der Waals surface area contributed by atoms with Gasteiger partial charge in [0, 0.05) is 112 Å². The van der Waals surface area contributed by atoms with E-state index in [1.807, 2.05) is 0 Å². The first-order valence-corrected chi connectivity index (χ1v) is 40.2. The summed E-state index contributed by atoms with van der Waals surface area (Å²) in [4.78, 5) is 36.4. The van der Waals surface area contributed by atoms with E-state index < -0.39 is 0 Å². The fraction of sp³-hybridized carbons (Fsp3) is 0. The number of para-hydroxylation sites is 8. The molecule has 21 aromatic rings. The number of fused-ring (bicyclic) bond motifs is 6. The van der Waals surface area contributed by atoms with Crippen LogP contribution in [-0.2, 0) is 0 Å². The van der Waals surface area contributed by atoms with Crippen LogP contribution >= 0.6 is 0 Å². The highest BCUT2D eigenvalue weighted by atomic mass is 15.2. The van der Waals surface area contributed by atoms with Gasteiger partial charge in [-0.25, -0.2) is 29.9 Å². The van der Waals surface area contributed by atoms with Crippen LogP contribution in [0.1, 0.15) is 0 Å². The van der Waals surface area contributed by atoms with Crippen molar-refractivity contribution in [3.8, 4) is 78.7 Å². The molecule has 0 saturated carbocycles. The molecule has 566 valence electrons. The minimum Gasteiger partial charge on any atom is -0.310 e. The summed E-state index contributed by atoms with van der Waals surface area (Å²) in [6.07, 6.45) is 6.21. The zero-order valence-corrected chi connectivity index (χ0v) is 65.1. The first-order valence-electron chi connectivity index (χ1n) is 40.2. The summed E-state index contributed by atoms with van der Waals surface area (Å²) in [5.41, 5.74) is 28.8. The molecule has 12 heteroatoms. The Labute approximate surface area is 694 Å². The predicted molar refractivity (Wildman–Crippen MR) is 493 cm³/mol. The molecular formula is C108H74N12. The van der Waals surface area contributed by atoms with E-state index in [9.17, 15) is 0 Å². The van der Waals surface area contributed by atoms with E-state index in [1.165, 1.54) is 0 Å². The Morgan fingerprint density at radius 3 is 0.633 bits per heavy atom. The smallest absolute Gasteiger partial charge is 0.162 e. The normalized spacial score (nSPS) is 11.3. The highest BCUT2D eigenvalue weighted by Crippen LogP contribution is 2.49. The molecule has 0 amide bonds. The van der Waals surface area contributed by atoms with E-state index in [2.05, 4.69) is 483 Å². The Balaban J connectivity index is 0.743. The van der Waals surface area contributed by atoms with Gasteiger partial charge in [-0.3, -0.25) is 0 Å². The summed E-state index contributed by atoms with van der Waals surface area (Å²) >= 11 is 0. The highest BCUT2D eigenvalue weighted by Gasteiger charge is 2.26. The molecule has 21 rings (SSSR count). The van der Waals surface area contributed by atoms with Crippen molar-refractivity contribution in [1.82, 2.24) is 39.0 Å². The third-order valence-electron chi connectivity index (χ3n) is 22.5. The van der Waals surface area contributed by atoms with Gasteiger partial charge >= 0.3 is 0 Å². The molecule has 0 saturated heterocycles. The SMILES string of the molecule is c1ccc(N(c2ccccc2)c2ccc3c(c2)c2cc(N(c4ccccc4)c4ccccc4)ccc2n3-c2ccc(-c3cc(-c4cccc(-c5ncncn5)c4)c(-c4ccc(-n5c6ccc(N(c7ccccc7)c7ccccc7)cc6c6cc(N(c7ccccc7)c7ccccc7)ccc65)cc4)cc3-c3cccc(-c4ncncn4)c3)cc2)cc1. The average Bonchev–Trinajstić information content (AvgIpc) is 1.58. The molecule has 120 heavy (non-hydrogen) atoms. The Bertz CT molecular complexity index is 6360. The van der Waals surface area contributed by atoms with Gasteiger partial charge in [0.2, 0.25) is 0 Å². The molecule has 0 aliphatic heterocycles. The zero-order chi connectivity index (χ0) is 79.7. The van der Waals surface area contributed by atoms with Crippen LogP contribution in [0.15, 0.2) is 450 Å². The first-order chi connectivity index (χ1) is 59.5. The van der Waals surface area contributed by atoms with E-state index in [-0.39, 0.29) is 0 Å². The van der Waals surface area contributed by atoms with Gasteiger partial charge in [-0.1, -0.05) is 206 Å². The molecule has 0 spiro atoms. The van der Waals surface area contributed by atoms with E-state index in [1.54, 1.807) is 25.3 Å². The summed E-state index contributed by atoms with van der Waals surface area (Å²) in [7, 11) is 0. The Hall–Kier alpha value is -16.4. The van der Waals surface area contributed by atoms with Crippen molar-refractivity contribution in [3.05, 3.63) is 450 Å². The van der Waals surface area contributed by atoms with Crippen LogP contribution in [0.3, 0.4) is 0 Å². The molecule has 0 atom stereocenters. The van der Waals surface area contributed by atoms with Crippen LogP contribution in [0.4, 0.5) is 68.2 Å². The molecule has 0 fully saturated rings. The number of rotatable bonds is 20. The summed E-state index contributed by atoms with van der Waals surface area (Å²) < 4.78 is 4.84. The van der Waals surface area contributed by atoms with Gasteiger partial charge in [0.05, 0.1) is 22.1 Å². The second-order valence-electron chi connectivity index (χ2n) is 29.6. The van der Waals surface area contributed by atoms with Crippen molar-refractivity contribution in [1.29, 1.82) is 0 Å². The minimum atomic E-state index is 0.582. The fourth-order valence-electron chi connectivity index (χ4n) is 17.1. The molecule has 0 N–H and O–H groups in total. The standard InChI is InChI=1S/C108H74N12/c1-9-31-81(32-10-1)115(82-33-11-2-12-34-82)91-55-59-103-99(65-91)100-66-92(116(83-35-13-3-14-36-83)84-37-15-4-16-38-84)56-60-104(100)119(103)89-51-47-75(48-52-89)95-69-98(78-28-26-30-80(64-78)108-113-73-110-74-114-108)96(70-97(95)77-27-25-29-79(63-77)107-111-71-109-72-112-107)76-49-53-90(54-50-76)120-105-61-57-93(117(85-39-17-5-18-40-85)86-41-19-6-20-42-86)67-101(105)102-68-94(58-62-106(102)120)118(87-43-21-7-22-44-87)88-45-23-8-24-46-88/h1-74H. The van der Waals surface area contributed by atoms with Gasteiger partial charge in [0.25, 0.3) is 0 Å². The number of hydrogen-bond acceptors (Lipinski definition) is 10. The van der Waals surface area contributed by atoms with Crippen molar-refractivity contribution in [2.75, 3.05) is 19.6 Å². The van der Waals surface area contributed by atoms with Gasteiger partial charge in [-0.15, -0.1) is 0 Å². The number of hydrogen-bond donors (Lipinski definition) is 0. The largest absolute Gasteiger partial charge is 0.310 e. The lowest BCUT2D eigenvalue weighted by molar-refractivity contribution is 1.06. The Morgan fingerprint density at radius 2 is 0.392 bits per heavy atom. The van der Waals surface area contributed by atoms with Gasteiger partial charge in [0.1, 0.15) is 25.3 Å². The summed E-state index contributed by atoms with van der Waals surface area (Å²) in [5, 5.41) is 4.45.